The zero-order chi connectivity index (χ0) is 10.1. The molecule has 0 saturated heterocycles. The van der Waals surface area contributed by atoms with E-state index in [0.29, 0.717) is 16.3 Å². The summed E-state index contributed by atoms with van der Waals surface area (Å²) >= 11 is 0. The monoisotopic (exact) mass is 189 g/mol. The van der Waals surface area contributed by atoms with E-state index in [4.69, 9.17) is 11.1 Å². The van der Waals surface area contributed by atoms with E-state index in [1.807, 2.05) is 0 Å². The topological polar surface area (TPSA) is 62.8 Å². The molecule has 2 aromatic rings. The second kappa shape index (κ2) is 3.06. The number of benzene rings is 1. The molecule has 0 fully saturated rings. The van der Waals surface area contributed by atoms with Gasteiger partial charge in [0.05, 0.1) is 0 Å². The average Bonchev–Trinajstić information content (AvgIpc) is 2.18. The summed E-state index contributed by atoms with van der Waals surface area (Å²) in [5.74, 6) is -0.417. The first-order valence-corrected chi connectivity index (χ1v) is 4.07. The maximum absolute atomic E-state index is 13.3. The van der Waals surface area contributed by atoms with Gasteiger partial charge in [0, 0.05) is 23.3 Å². The number of fused-ring (bicyclic) bond motifs is 1. The van der Waals surface area contributed by atoms with Gasteiger partial charge in [-0.25, -0.2) is 4.39 Å². The van der Waals surface area contributed by atoms with Crippen LogP contribution in [-0.2, 0) is 0 Å². The Balaban J connectivity index is 2.88. The van der Waals surface area contributed by atoms with Gasteiger partial charge in [-0.2, -0.15) is 0 Å². The fourth-order valence-electron chi connectivity index (χ4n) is 1.39. The molecule has 0 saturated carbocycles. The summed E-state index contributed by atoms with van der Waals surface area (Å²) < 4.78 is 13.3. The van der Waals surface area contributed by atoms with Crippen LogP contribution in [0.15, 0.2) is 30.6 Å². The molecule has 1 aromatic heterocycles. The maximum Gasteiger partial charge on any atom is 0.132 e. The smallest absolute Gasteiger partial charge is 0.132 e. The van der Waals surface area contributed by atoms with Crippen LogP contribution in [0.5, 0.6) is 0 Å². The van der Waals surface area contributed by atoms with Crippen molar-refractivity contribution in [2.75, 3.05) is 0 Å². The van der Waals surface area contributed by atoms with Gasteiger partial charge in [0.2, 0.25) is 0 Å². The van der Waals surface area contributed by atoms with Crippen LogP contribution in [-0.4, -0.2) is 10.8 Å². The third-order valence-corrected chi connectivity index (χ3v) is 2.06. The Morgan fingerprint density at radius 2 is 2.07 bits per heavy atom. The minimum atomic E-state index is -0.349. The largest absolute Gasteiger partial charge is 0.384 e. The van der Waals surface area contributed by atoms with E-state index in [-0.39, 0.29) is 11.7 Å². The van der Waals surface area contributed by atoms with E-state index in [0.717, 1.165) is 0 Å². The van der Waals surface area contributed by atoms with Gasteiger partial charge in [-0.1, -0.05) is 0 Å². The number of halogens is 1. The van der Waals surface area contributed by atoms with Crippen molar-refractivity contribution in [1.82, 2.24) is 4.98 Å². The second-order valence-corrected chi connectivity index (χ2v) is 2.93. The molecular formula is C10H8FN3. The van der Waals surface area contributed by atoms with Crippen LogP contribution in [0.25, 0.3) is 10.8 Å². The molecule has 1 aromatic carbocycles. The molecule has 0 radical (unpaired) electrons. The summed E-state index contributed by atoms with van der Waals surface area (Å²) in [6, 6.07) is 4.44. The molecule has 0 bridgehead atoms. The van der Waals surface area contributed by atoms with Crippen LogP contribution in [0.2, 0.25) is 0 Å². The van der Waals surface area contributed by atoms with E-state index in [1.165, 1.54) is 18.3 Å². The summed E-state index contributed by atoms with van der Waals surface area (Å²) in [4.78, 5) is 3.82. The molecular weight excluding hydrogens is 181 g/mol. The normalized spacial score (nSPS) is 10.4. The number of hydrogen-bond acceptors (Lipinski definition) is 2. The summed E-state index contributed by atoms with van der Waals surface area (Å²) in [5.41, 5.74) is 5.90. The Bertz CT molecular complexity index is 508. The minimum absolute atomic E-state index is 0.0683. The van der Waals surface area contributed by atoms with Crippen LogP contribution < -0.4 is 5.73 Å². The number of hydrogen-bond donors (Lipinski definition) is 2. The fourth-order valence-corrected chi connectivity index (χ4v) is 1.39. The number of aromatic nitrogens is 1. The van der Waals surface area contributed by atoms with Gasteiger partial charge in [0.15, 0.2) is 0 Å². The summed E-state index contributed by atoms with van der Waals surface area (Å²) in [7, 11) is 0. The zero-order valence-electron chi connectivity index (χ0n) is 7.29. The molecule has 0 atom stereocenters. The Kier molecular flexibility index (Phi) is 1.89. The lowest BCUT2D eigenvalue weighted by atomic mass is 10.1. The van der Waals surface area contributed by atoms with Crippen molar-refractivity contribution < 1.29 is 4.39 Å². The van der Waals surface area contributed by atoms with E-state index in [2.05, 4.69) is 4.98 Å². The lowest BCUT2D eigenvalue weighted by Gasteiger charge is -2.04. The number of nitrogens with zero attached hydrogens (tertiary/aromatic N) is 1. The first kappa shape index (κ1) is 8.62. The van der Waals surface area contributed by atoms with Crippen LogP contribution in [0.1, 0.15) is 5.56 Å². The van der Waals surface area contributed by atoms with Gasteiger partial charge >= 0.3 is 0 Å². The number of nitrogen functional groups attached to an aromatic ring is 1. The highest BCUT2D eigenvalue weighted by molar-refractivity contribution is 6.07. The lowest BCUT2D eigenvalue weighted by molar-refractivity contribution is 0.639. The van der Waals surface area contributed by atoms with Crippen molar-refractivity contribution in [2.45, 2.75) is 0 Å². The van der Waals surface area contributed by atoms with Gasteiger partial charge in [-0.3, -0.25) is 10.4 Å². The molecule has 0 aliphatic rings. The Labute approximate surface area is 79.9 Å². The molecule has 2 rings (SSSR count). The first-order chi connectivity index (χ1) is 6.70. The SMILES string of the molecule is N=C(N)c1ccc(F)c2cnccc12. The zero-order valence-corrected chi connectivity index (χ0v) is 7.29. The molecule has 3 N–H and O–H groups in total. The molecule has 14 heavy (non-hydrogen) atoms. The lowest BCUT2D eigenvalue weighted by Crippen LogP contribution is -2.11. The van der Waals surface area contributed by atoms with Crippen molar-refractivity contribution in [3.05, 3.63) is 42.0 Å². The molecule has 3 nitrogen and oxygen atoms in total. The van der Waals surface area contributed by atoms with Crippen LogP contribution >= 0.6 is 0 Å². The molecule has 0 aliphatic carbocycles. The van der Waals surface area contributed by atoms with Crippen molar-refractivity contribution in [3.63, 3.8) is 0 Å². The minimum Gasteiger partial charge on any atom is -0.384 e. The van der Waals surface area contributed by atoms with Crippen molar-refractivity contribution in [3.8, 4) is 0 Å². The predicted octanol–water partition coefficient (Wildman–Crippen LogP) is 1.66. The Morgan fingerprint density at radius 3 is 2.79 bits per heavy atom. The van der Waals surface area contributed by atoms with Crippen LogP contribution in [0.4, 0.5) is 4.39 Å². The highest BCUT2D eigenvalue weighted by atomic mass is 19.1. The molecule has 0 unspecified atom stereocenters. The van der Waals surface area contributed by atoms with Crippen LogP contribution in [0.3, 0.4) is 0 Å². The first-order valence-electron chi connectivity index (χ1n) is 4.07. The number of nitrogens with one attached hydrogen (secondary N) is 1. The van der Waals surface area contributed by atoms with Crippen molar-refractivity contribution in [1.29, 1.82) is 5.41 Å². The fraction of sp³-hybridized carbons (Fsp3) is 0. The number of pyridine rings is 1. The quantitative estimate of drug-likeness (QED) is 0.529. The number of nitrogens with two attached hydrogens (primary N) is 1. The Morgan fingerprint density at radius 1 is 1.29 bits per heavy atom. The third-order valence-electron chi connectivity index (χ3n) is 2.06. The highest BCUT2D eigenvalue weighted by Gasteiger charge is 2.06. The van der Waals surface area contributed by atoms with E-state index in [9.17, 15) is 4.39 Å². The number of amidine groups is 1. The third kappa shape index (κ3) is 1.21. The number of rotatable bonds is 1. The molecule has 70 valence electrons. The average molecular weight is 189 g/mol. The van der Waals surface area contributed by atoms with Gasteiger partial charge in [-0.15, -0.1) is 0 Å². The molecule has 1 heterocycles. The predicted molar refractivity (Wildman–Crippen MR) is 52.7 cm³/mol. The molecule has 4 heteroatoms. The van der Waals surface area contributed by atoms with E-state index >= 15 is 0 Å². The highest BCUT2D eigenvalue weighted by Crippen LogP contribution is 2.20. The molecule has 0 aliphatic heterocycles. The summed E-state index contributed by atoms with van der Waals surface area (Å²) in [5, 5.41) is 8.33. The summed E-state index contributed by atoms with van der Waals surface area (Å²) in [6.07, 6.45) is 2.98. The van der Waals surface area contributed by atoms with Gasteiger partial charge in [0.25, 0.3) is 0 Å². The van der Waals surface area contributed by atoms with Crippen LogP contribution in [0, 0.1) is 11.2 Å². The van der Waals surface area contributed by atoms with Gasteiger partial charge in [0.1, 0.15) is 11.7 Å². The van der Waals surface area contributed by atoms with Crippen molar-refractivity contribution >= 4 is 16.6 Å². The van der Waals surface area contributed by atoms with E-state index in [1.54, 1.807) is 12.3 Å². The Hall–Kier alpha value is -1.97. The maximum atomic E-state index is 13.3. The van der Waals surface area contributed by atoms with Crippen molar-refractivity contribution in [2.24, 2.45) is 5.73 Å². The van der Waals surface area contributed by atoms with Gasteiger partial charge < -0.3 is 5.73 Å². The molecule has 0 amide bonds. The molecule has 0 spiro atoms. The van der Waals surface area contributed by atoms with E-state index < -0.39 is 0 Å². The summed E-state index contributed by atoms with van der Waals surface area (Å²) in [6.45, 7) is 0. The second-order valence-electron chi connectivity index (χ2n) is 2.93. The van der Waals surface area contributed by atoms with Gasteiger partial charge in [-0.05, 0) is 23.6 Å². The standard InChI is InChI=1S/C10H8FN3/c11-9-2-1-7(10(12)13)6-3-4-14-5-8(6)9/h1-5H,(H3,12,13).